The SMILES string of the molecule is c1ccc(-c2cccc(N(c3ccc(-c4cc5ccccc5c5ccccc45)cc3)c3cccc(-c4cccc5oc6c7ccccc7ccc6c45)c3)c2)cc1. The minimum Gasteiger partial charge on any atom is -0.455 e. The maximum atomic E-state index is 6.59. The summed E-state index contributed by atoms with van der Waals surface area (Å²) >= 11 is 0. The first-order valence-corrected chi connectivity index (χ1v) is 19.2. The highest BCUT2D eigenvalue weighted by Gasteiger charge is 2.18. The molecule has 0 bridgehead atoms. The summed E-state index contributed by atoms with van der Waals surface area (Å²) in [5, 5.41) is 9.62. The molecule has 0 unspecified atom stereocenters. The van der Waals surface area contributed by atoms with Crippen molar-refractivity contribution < 1.29 is 4.42 Å². The molecule has 0 fully saturated rings. The maximum absolute atomic E-state index is 6.59. The van der Waals surface area contributed by atoms with Crippen molar-refractivity contribution in [2.24, 2.45) is 0 Å². The van der Waals surface area contributed by atoms with Crippen LogP contribution in [-0.2, 0) is 0 Å². The number of hydrogen-bond acceptors (Lipinski definition) is 2. The van der Waals surface area contributed by atoms with Crippen LogP contribution in [0, 0.1) is 0 Å². The topological polar surface area (TPSA) is 16.4 Å². The molecule has 0 aliphatic heterocycles. The molecule has 10 aromatic carbocycles. The predicted molar refractivity (Wildman–Crippen MR) is 237 cm³/mol. The highest BCUT2D eigenvalue weighted by atomic mass is 16.3. The standard InChI is InChI=1S/C54H35NO/c1-2-13-36(14-3-1)39-17-10-19-43(33-39)55(42-30-27-38(28-31-42)51-35-41-16-5-6-21-45(41)48-23-8-9-24-49(48)51)44-20-11-18-40(34-44)46-25-12-26-52-53(46)50-32-29-37-15-4-7-22-47(37)54(50)56-52/h1-35H. The Kier molecular flexibility index (Phi) is 7.53. The zero-order chi connectivity index (χ0) is 37.0. The molecule has 0 atom stereocenters. The summed E-state index contributed by atoms with van der Waals surface area (Å²) in [5.41, 5.74) is 12.1. The van der Waals surface area contributed by atoms with Crippen LogP contribution in [0.3, 0.4) is 0 Å². The van der Waals surface area contributed by atoms with Crippen LogP contribution in [0.25, 0.3) is 87.6 Å². The number of rotatable bonds is 6. The molecule has 2 nitrogen and oxygen atoms in total. The van der Waals surface area contributed by atoms with E-state index in [2.05, 4.69) is 217 Å². The highest BCUT2D eigenvalue weighted by molar-refractivity contribution is 6.19. The number of anilines is 3. The van der Waals surface area contributed by atoms with E-state index in [-0.39, 0.29) is 0 Å². The van der Waals surface area contributed by atoms with E-state index < -0.39 is 0 Å². The zero-order valence-electron chi connectivity index (χ0n) is 30.6. The predicted octanol–water partition coefficient (Wildman–Crippen LogP) is 15.5. The Balaban J connectivity index is 1.07. The number of benzene rings is 10. The first kappa shape index (κ1) is 32.0. The molecule has 1 heterocycles. The molecule has 56 heavy (non-hydrogen) atoms. The molecule has 0 aliphatic rings. The van der Waals surface area contributed by atoms with Crippen LogP contribution in [0.5, 0.6) is 0 Å². The number of fused-ring (bicyclic) bond motifs is 8. The lowest BCUT2D eigenvalue weighted by molar-refractivity contribution is 0.673. The average molecular weight is 714 g/mol. The van der Waals surface area contributed by atoms with Gasteiger partial charge in [-0.2, -0.15) is 0 Å². The largest absolute Gasteiger partial charge is 0.455 e. The van der Waals surface area contributed by atoms with E-state index in [0.717, 1.165) is 55.5 Å². The van der Waals surface area contributed by atoms with Crippen molar-refractivity contribution in [1.82, 2.24) is 0 Å². The summed E-state index contributed by atoms with van der Waals surface area (Å²) in [4.78, 5) is 2.37. The van der Waals surface area contributed by atoms with E-state index >= 15 is 0 Å². The second kappa shape index (κ2) is 13.2. The lowest BCUT2D eigenvalue weighted by atomic mass is 9.93. The van der Waals surface area contributed by atoms with Crippen molar-refractivity contribution in [3.05, 3.63) is 212 Å². The Labute approximate surface area is 325 Å². The molecule has 0 aliphatic carbocycles. The fourth-order valence-electron chi connectivity index (χ4n) is 8.59. The van der Waals surface area contributed by atoms with Gasteiger partial charge in [0.1, 0.15) is 11.2 Å². The molecule has 0 amide bonds. The molecule has 0 spiro atoms. The van der Waals surface area contributed by atoms with Gasteiger partial charge in [0.15, 0.2) is 0 Å². The van der Waals surface area contributed by atoms with Crippen molar-refractivity contribution in [3.63, 3.8) is 0 Å². The molecule has 11 rings (SSSR count). The van der Waals surface area contributed by atoms with Crippen LogP contribution in [0.15, 0.2) is 217 Å². The van der Waals surface area contributed by atoms with Crippen LogP contribution in [0.2, 0.25) is 0 Å². The average Bonchev–Trinajstić information content (AvgIpc) is 3.67. The Bertz CT molecular complexity index is 3250. The minimum atomic E-state index is 0.892. The van der Waals surface area contributed by atoms with E-state index in [1.54, 1.807) is 0 Å². The number of hydrogen-bond donors (Lipinski definition) is 0. The van der Waals surface area contributed by atoms with Gasteiger partial charge in [0.2, 0.25) is 0 Å². The summed E-state index contributed by atoms with van der Waals surface area (Å²) < 4.78 is 6.59. The molecule has 1 aromatic heterocycles. The van der Waals surface area contributed by atoms with Gasteiger partial charge in [-0.05, 0) is 115 Å². The van der Waals surface area contributed by atoms with E-state index in [9.17, 15) is 0 Å². The van der Waals surface area contributed by atoms with Crippen molar-refractivity contribution >= 4 is 71.3 Å². The van der Waals surface area contributed by atoms with Crippen molar-refractivity contribution in [1.29, 1.82) is 0 Å². The van der Waals surface area contributed by atoms with Gasteiger partial charge in [0.05, 0.1) is 0 Å². The summed E-state index contributed by atoms with van der Waals surface area (Å²) in [5.74, 6) is 0. The lowest BCUT2D eigenvalue weighted by Gasteiger charge is -2.27. The van der Waals surface area contributed by atoms with Crippen LogP contribution < -0.4 is 4.90 Å². The van der Waals surface area contributed by atoms with Gasteiger partial charge in [0, 0.05) is 33.2 Å². The summed E-state index contributed by atoms with van der Waals surface area (Å²) in [7, 11) is 0. The fourth-order valence-corrected chi connectivity index (χ4v) is 8.59. The van der Waals surface area contributed by atoms with E-state index in [1.165, 1.54) is 49.2 Å². The Morgan fingerprint density at radius 3 is 1.73 bits per heavy atom. The van der Waals surface area contributed by atoms with Gasteiger partial charge in [-0.1, -0.05) is 158 Å². The molecule has 2 heteroatoms. The Morgan fingerprint density at radius 2 is 0.929 bits per heavy atom. The second-order valence-electron chi connectivity index (χ2n) is 14.5. The van der Waals surface area contributed by atoms with Gasteiger partial charge in [0.25, 0.3) is 0 Å². The van der Waals surface area contributed by atoms with Gasteiger partial charge in [-0.25, -0.2) is 0 Å². The molecule has 0 N–H and O–H groups in total. The normalized spacial score (nSPS) is 11.6. The highest BCUT2D eigenvalue weighted by Crippen LogP contribution is 2.43. The van der Waals surface area contributed by atoms with Gasteiger partial charge >= 0.3 is 0 Å². The van der Waals surface area contributed by atoms with Crippen molar-refractivity contribution in [2.75, 3.05) is 4.90 Å². The third-order valence-electron chi connectivity index (χ3n) is 11.2. The van der Waals surface area contributed by atoms with E-state index in [1.807, 2.05) is 0 Å². The molecule has 0 saturated carbocycles. The third kappa shape index (κ3) is 5.34. The summed E-state index contributed by atoms with van der Waals surface area (Å²) in [6.45, 7) is 0. The van der Waals surface area contributed by atoms with Crippen LogP contribution in [0.4, 0.5) is 17.1 Å². The first-order chi connectivity index (χ1) is 27.8. The third-order valence-corrected chi connectivity index (χ3v) is 11.2. The van der Waals surface area contributed by atoms with E-state index in [4.69, 9.17) is 4.42 Å². The van der Waals surface area contributed by atoms with Crippen molar-refractivity contribution in [3.8, 4) is 33.4 Å². The fraction of sp³-hybridized carbons (Fsp3) is 0. The first-order valence-electron chi connectivity index (χ1n) is 19.2. The van der Waals surface area contributed by atoms with Crippen LogP contribution in [-0.4, -0.2) is 0 Å². The number of nitrogens with zero attached hydrogens (tertiary/aromatic N) is 1. The molecule has 262 valence electrons. The smallest absolute Gasteiger partial charge is 0.143 e. The maximum Gasteiger partial charge on any atom is 0.143 e. The quantitative estimate of drug-likeness (QED) is 0.160. The Morgan fingerprint density at radius 1 is 0.304 bits per heavy atom. The molecule has 11 aromatic rings. The van der Waals surface area contributed by atoms with Crippen molar-refractivity contribution in [2.45, 2.75) is 0 Å². The molecule has 0 saturated heterocycles. The minimum absolute atomic E-state index is 0.892. The summed E-state index contributed by atoms with van der Waals surface area (Å²) in [6, 6.07) is 76.4. The lowest BCUT2D eigenvalue weighted by Crippen LogP contribution is -2.10. The molecular weight excluding hydrogens is 679 g/mol. The van der Waals surface area contributed by atoms with Gasteiger partial charge in [-0.3, -0.25) is 0 Å². The van der Waals surface area contributed by atoms with Crippen LogP contribution >= 0.6 is 0 Å². The monoisotopic (exact) mass is 713 g/mol. The van der Waals surface area contributed by atoms with Gasteiger partial charge in [-0.15, -0.1) is 0 Å². The number of furan rings is 1. The zero-order valence-corrected chi connectivity index (χ0v) is 30.6. The molecule has 0 radical (unpaired) electrons. The Hall–Kier alpha value is -7.42. The van der Waals surface area contributed by atoms with Crippen LogP contribution in [0.1, 0.15) is 0 Å². The summed E-state index contributed by atoms with van der Waals surface area (Å²) in [6.07, 6.45) is 0. The van der Waals surface area contributed by atoms with Gasteiger partial charge < -0.3 is 9.32 Å². The second-order valence-corrected chi connectivity index (χ2v) is 14.5. The molecular formula is C54H35NO. The van der Waals surface area contributed by atoms with E-state index in [0.29, 0.717) is 0 Å².